The quantitative estimate of drug-likeness (QED) is 0.893. The molecule has 0 heterocycles. The van der Waals surface area contributed by atoms with E-state index < -0.39 is 0 Å². The summed E-state index contributed by atoms with van der Waals surface area (Å²) < 4.78 is 12.8. The molecule has 1 amide bonds. The fourth-order valence-electron chi connectivity index (χ4n) is 1.90. The summed E-state index contributed by atoms with van der Waals surface area (Å²) in [5.74, 6) is -0.401. The molecule has 98 valence electrons. The van der Waals surface area contributed by atoms with Crippen molar-refractivity contribution in [2.75, 3.05) is 0 Å². The number of hydrogen-bond donors (Lipinski definition) is 1. The van der Waals surface area contributed by atoms with Crippen molar-refractivity contribution >= 4 is 5.91 Å². The normalized spacial score (nSPS) is 11.9. The predicted octanol–water partition coefficient (Wildman–Crippen LogP) is 3.63. The third-order valence-electron chi connectivity index (χ3n) is 3.00. The summed E-state index contributed by atoms with van der Waals surface area (Å²) >= 11 is 0. The molecule has 19 heavy (non-hydrogen) atoms. The standard InChI is InChI=1S/C16H16FNO/c1-11-4-3-5-14(10-11)16(19)18-12(2)13-6-8-15(17)9-7-13/h3-10,12H,1-2H3,(H,18,19)/t12-/m1/s1. The summed E-state index contributed by atoms with van der Waals surface area (Å²) in [6.07, 6.45) is 0. The van der Waals surface area contributed by atoms with E-state index in [1.54, 1.807) is 18.2 Å². The first-order valence-electron chi connectivity index (χ1n) is 6.19. The maximum atomic E-state index is 12.8. The average Bonchev–Trinajstić information content (AvgIpc) is 2.39. The lowest BCUT2D eigenvalue weighted by molar-refractivity contribution is 0.0940. The first-order chi connectivity index (χ1) is 9.06. The Hall–Kier alpha value is -2.16. The SMILES string of the molecule is Cc1cccc(C(=O)N[C@H](C)c2ccc(F)cc2)c1. The monoisotopic (exact) mass is 257 g/mol. The number of carbonyl (C=O) groups is 1. The van der Waals surface area contributed by atoms with Gasteiger partial charge in [0.25, 0.3) is 5.91 Å². The Kier molecular flexibility index (Phi) is 3.95. The third-order valence-corrected chi connectivity index (χ3v) is 3.00. The zero-order valence-corrected chi connectivity index (χ0v) is 11.0. The number of hydrogen-bond acceptors (Lipinski definition) is 1. The van der Waals surface area contributed by atoms with Gasteiger partial charge >= 0.3 is 0 Å². The number of carbonyl (C=O) groups excluding carboxylic acids is 1. The number of benzene rings is 2. The lowest BCUT2D eigenvalue weighted by Crippen LogP contribution is -2.26. The van der Waals surface area contributed by atoms with Gasteiger partial charge < -0.3 is 5.32 Å². The van der Waals surface area contributed by atoms with Crippen LogP contribution in [0.5, 0.6) is 0 Å². The van der Waals surface area contributed by atoms with Crippen LogP contribution in [0.3, 0.4) is 0 Å². The Labute approximate surface area is 112 Å². The van der Waals surface area contributed by atoms with Crippen LogP contribution in [0, 0.1) is 12.7 Å². The molecule has 0 saturated carbocycles. The maximum Gasteiger partial charge on any atom is 0.251 e. The first kappa shape index (κ1) is 13.3. The third kappa shape index (κ3) is 3.41. The van der Waals surface area contributed by atoms with E-state index in [0.717, 1.165) is 11.1 Å². The molecule has 0 unspecified atom stereocenters. The molecule has 0 bridgehead atoms. The van der Waals surface area contributed by atoms with Gasteiger partial charge in [-0.1, -0.05) is 29.8 Å². The fraction of sp³-hybridized carbons (Fsp3) is 0.188. The number of halogens is 1. The average molecular weight is 257 g/mol. The molecule has 0 spiro atoms. The van der Waals surface area contributed by atoms with E-state index in [-0.39, 0.29) is 17.8 Å². The smallest absolute Gasteiger partial charge is 0.251 e. The Morgan fingerprint density at radius 1 is 1.16 bits per heavy atom. The predicted molar refractivity (Wildman–Crippen MR) is 73.5 cm³/mol. The summed E-state index contributed by atoms with van der Waals surface area (Å²) in [4.78, 5) is 12.1. The Morgan fingerprint density at radius 3 is 2.47 bits per heavy atom. The van der Waals surface area contributed by atoms with Crippen molar-refractivity contribution in [3.05, 3.63) is 71.0 Å². The minimum absolute atomic E-state index is 0.125. The molecule has 0 fully saturated rings. The van der Waals surface area contributed by atoms with E-state index in [1.165, 1.54) is 12.1 Å². The van der Waals surface area contributed by atoms with Gasteiger partial charge in [0.2, 0.25) is 0 Å². The summed E-state index contributed by atoms with van der Waals surface area (Å²) in [5, 5.41) is 2.90. The van der Waals surface area contributed by atoms with Gasteiger partial charge in [0.1, 0.15) is 5.82 Å². The van der Waals surface area contributed by atoms with Crippen LogP contribution >= 0.6 is 0 Å². The molecule has 1 N–H and O–H groups in total. The van der Waals surface area contributed by atoms with Crippen molar-refractivity contribution in [2.24, 2.45) is 0 Å². The lowest BCUT2D eigenvalue weighted by Gasteiger charge is -2.14. The van der Waals surface area contributed by atoms with Crippen molar-refractivity contribution in [3.8, 4) is 0 Å². The van der Waals surface area contributed by atoms with Gasteiger partial charge in [-0.2, -0.15) is 0 Å². The Morgan fingerprint density at radius 2 is 1.84 bits per heavy atom. The summed E-state index contributed by atoms with van der Waals surface area (Å²) in [6.45, 7) is 3.82. The van der Waals surface area contributed by atoms with Crippen LogP contribution < -0.4 is 5.32 Å². The highest BCUT2D eigenvalue weighted by Crippen LogP contribution is 2.14. The second-order valence-corrected chi connectivity index (χ2v) is 4.62. The van der Waals surface area contributed by atoms with Crippen LogP contribution in [-0.4, -0.2) is 5.91 Å². The van der Waals surface area contributed by atoms with E-state index in [9.17, 15) is 9.18 Å². The van der Waals surface area contributed by atoms with Crippen molar-refractivity contribution in [1.82, 2.24) is 5.32 Å². The van der Waals surface area contributed by atoms with Crippen molar-refractivity contribution in [2.45, 2.75) is 19.9 Å². The number of rotatable bonds is 3. The molecular weight excluding hydrogens is 241 g/mol. The zero-order chi connectivity index (χ0) is 13.8. The van der Waals surface area contributed by atoms with Crippen LogP contribution in [0.25, 0.3) is 0 Å². The molecule has 0 aliphatic carbocycles. The first-order valence-corrected chi connectivity index (χ1v) is 6.19. The highest BCUT2D eigenvalue weighted by molar-refractivity contribution is 5.94. The highest BCUT2D eigenvalue weighted by Gasteiger charge is 2.11. The van der Waals surface area contributed by atoms with E-state index in [1.807, 2.05) is 32.0 Å². The zero-order valence-electron chi connectivity index (χ0n) is 11.0. The van der Waals surface area contributed by atoms with Gasteiger partial charge in [0, 0.05) is 5.56 Å². The molecule has 2 aromatic carbocycles. The number of amides is 1. The number of nitrogens with one attached hydrogen (secondary N) is 1. The van der Waals surface area contributed by atoms with Gasteiger partial charge in [-0.05, 0) is 43.7 Å². The van der Waals surface area contributed by atoms with E-state index >= 15 is 0 Å². The molecule has 0 saturated heterocycles. The molecule has 0 radical (unpaired) electrons. The maximum absolute atomic E-state index is 12.8. The topological polar surface area (TPSA) is 29.1 Å². The molecule has 3 heteroatoms. The Bertz CT molecular complexity index is 578. The molecule has 1 atom stereocenters. The molecular formula is C16H16FNO. The van der Waals surface area contributed by atoms with Gasteiger partial charge in [0.15, 0.2) is 0 Å². The number of aryl methyl sites for hydroxylation is 1. The summed E-state index contributed by atoms with van der Waals surface area (Å²) in [7, 11) is 0. The molecule has 0 aliphatic rings. The lowest BCUT2D eigenvalue weighted by atomic mass is 10.1. The van der Waals surface area contributed by atoms with Crippen LogP contribution in [0.15, 0.2) is 48.5 Å². The van der Waals surface area contributed by atoms with Gasteiger partial charge in [-0.25, -0.2) is 4.39 Å². The van der Waals surface area contributed by atoms with Crippen molar-refractivity contribution in [1.29, 1.82) is 0 Å². The van der Waals surface area contributed by atoms with Gasteiger partial charge in [0.05, 0.1) is 6.04 Å². The van der Waals surface area contributed by atoms with E-state index in [0.29, 0.717) is 5.56 Å². The molecule has 2 rings (SSSR count). The molecule has 2 nitrogen and oxygen atoms in total. The van der Waals surface area contributed by atoms with Crippen LogP contribution in [-0.2, 0) is 0 Å². The summed E-state index contributed by atoms with van der Waals surface area (Å²) in [5.41, 5.74) is 2.55. The minimum atomic E-state index is -0.277. The van der Waals surface area contributed by atoms with Crippen LogP contribution in [0.1, 0.15) is 34.5 Å². The van der Waals surface area contributed by atoms with E-state index in [2.05, 4.69) is 5.32 Å². The van der Waals surface area contributed by atoms with Crippen LogP contribution in [0.2, 0.25) is 0 Å². The second-order valence-electron chi connectivity index (χ2n) is 4.62. The van der Waals surface area contributed by atoms with Crippen LogP contribution in [0.4, 0.5) is 4.39 Å². The summed E-state index contributed by atoms with van der Waals surface area (Å²) in [6, 6.07) is 13.4. The Balaban J connectivity index is 2.08. The fourth-order valence-corrected chi connectivity index (χ4v) is 1.90. The molecule has 0 aliphatic heterocycles. The van der Waals surface area contributed by atoms with Gasteiger partial charge in [-0.15, -0.1) is 0 Å². The van der Waals surface area contributed by atoms with E-state index in [4.69, 9.17) is 0 Å². The minimum Gasteiger partial charge on any atom is -0.346 e. The van der Waals surface area contributed by atoms with Crippen molar-refractivity contribution in [3.63, 3.8) is 0 Å². The largest absolute Gasteiger partial charge is 0.346 e. The van der Waals surface area contributed by atoms with Gasteiger partial charge in [-0.3, -0.25) is 4.79 Å². The second kappa shape index (κ2) is 5.65. The highest BCUT2D eigenvalue weighted by atomic mass is 19.1. The van der Waals surface area contributed by atoms with Crippen molar-refractivity contribution < 1.29 is 9.18 Å². The molecule has 2 aromatic rings. The molecule has 0 aromatic heterocycles.